The molecule has 0 saturated heterocycles. The van der Waals surface area contributed by atoms with Crippen LogP contribution in [0.15, 0.2) is 70.6 Å². The highest BCUT2D eigenvalue weighted by molar-refractivity contribution is 5.26. The number of H-pyrrole nitrogens is 1. The van der Waals surface area contributed by atoms with E-state index in [1.54, 1.807) is 0 Å². The first-order valence-corrected chi connectivity index (χ1v) is 9.35. The standard InChI is InChI=1S/C22H25N3O2/c1-3-18(20-8-11-23-12-9-20)14-16(2)19-6-4-17(5-7-19)15-25-13-10-21(26)24-22(25)27/h4-13,16,18H,3,14-15H2,1-2H3,(H,24,26,27). The zero-order valence-electron chi connectivity index (χ0n) is 15.8. The van der Waals surface area contributed by atoms with Crippen LogP contribution in [0.1, 0.15) is 55.2 Å². The number of aromatic amines is 1. The van der Waals surface area contributed by atoms with Gasteiger partial charge in [0.15, 0.2) is 0 Å². The number of nitrogens with zero attached hydrogens (tertiary/aromatic N) is 2. The quantitative estimate of drug-likeness (QED) is 0.696. The van der Waals surface area contributed by atoms with E-state index in [0.29, 0.717) is 18.4 Å². The Labute approximate surface area is 158 Å². The SMILES string of the molecule is CCC(CC(C)c1ccc(Cn2ccc(=O)[nH]c2=O)cc1)c1ccncc1. The number of aromatic nitrogens is 3. The maximum Gasteiger partial charge on any atom is 0.328 e. The van der Waals surface area contributed by atoms with E-state index in [2.05, 4.69) is 60.2 Å². The highest BCUT2D eigenvalue weighted by atomic mass is 16.2. The first-order valence-electron chi connectivity index (χ1n) is 9.35. The summed E-state index contributed by atoms with van der Waals surface area (Å²) in [4.78, 5) is 29.4. The van der Waals surface area contributed by atoms with Gasteiger partial charge in [-0.15, -0.1) is 0 Å². The Morgan fingerprint density at radius 2 is 1.70 bits per heavy atom. The lowest BCUT2D eigenvalue weighted by Gasteiger charge is -2.20. The minimum Gasteiger partial charge on any atom is -0.296 e. The molecule has 1 N–H and O–H groups in total. The monoisotopic (exact) mass is 363 g/mol. The van der Waals surface area contributed by atoms with Gasteiger partial charge in [0.2, 0.25) is 0 Å². The van der Waals surface area contributed by atoms with Gasteiger partial charge in [0.25, 0.3) is 5.56 Å². The second-order valence-corrected chi connectivity index (χ2v) is 7.00. The van der Waals surface area contributed by atoms with Gasteiger partial charge in [-0.3, -0.25) is 19.3 Å². The molecule has 2 aromatic heterocycles. The Kier molecular flexibility index (Phi) is 6.01. The molecule has 0 bridgehead atoms. The van der Waals surface area contributed by atoms with Gasteiger partial charge in [0.1, 0.15) is 0 Å². The molecule has 140 valence electrons. The largest absolute Gasteiger partial charge is 0.328 e. The van der Waals surface area contributed by atoms with Crippen LogP contribution in [0.4, 0.5) is 0 Å². The number of benzene rings is 1. The molecule has 5 heteroatoms. The molecule has 3 rings (SSSR count). The summed E-state index contributed by atoms with van der Waals surface area (Å²) in [5, 5.41) is 0. The van der Waals surface area contributed by atoms with Crippen LogP contribution in [0.5, 0.6) is 0 Å². The maximum atomic E-state index is 11.8. The summed E-state index contributed by atoms with van der Waals surface area (Å²) in [7, 11) is 0. The Morgan fingerprint density at radius 3 is 2.33 bits per heavy atom. The average Bonchev–Trinajstić information content (AvgIpc) is 2.69. The number of nitrogens with one attached hydrogen (secondary N) is 1. The van der Waals surface area contributed by atoms with E-state index in [1.807, 2.05) is 12.4 Å². The van der Waals surface area contributed by atoms with Crippen molar-refractivity contribution in [3.63, 3.8) is 0 Å². The van der Waals surface area contributed by atoms with Gasteiger partial charge in [-0.1, -0.05) is 38.1 Å². The molecule has 0 aliphatic heterocycles. The minimum atomic E-state index is -0.386. The third-order valence-corrected chi connectivity index (χ3v) is 5.11. The third-order valence-electron chi connectivity index (χ3n) is 5.11. The molecule has 0 amide bonds. The molecule has 2 atom stereocenters. The molecular formula is C22H25N3O2. The van der Waals surface area contributed by atoms with Gasteiger partial charge in [0.05, 0.1) is 6.54 Å². The molecule has 27 heavy (non-hydrogen) atoms. The summed E-state index contributed by atoms with van der Waals surface area (Å²) in [6, 6.07) is 13.9. The van der Waals surface area contributed by atoms with Crippen molar-refractivity contribution in [1.82, 2.24) is 14.5 Å². The fourth-order valence-corrected chi connectivity index (χ4v) is 3.45. The topological polar surface area (TPSA) is 67.8 Å². The first kappa shape index (κ1) is 18.8. The highest BCUT2D eigenvalue weighted by Gasteiger charge is 2.15. The summed E-state index contributed by atoms with van der Waals surface area (Å²) in [5.41, 5.74) is 2.90. The Balaban J connectivity index is 1.69. The van der Waals surface area contributed by atoms with E-state index in [0.717, 1.165) is 18.4 Å². The third kappa shape index (κ3) is 4.82. The van der Waals surface area contributed by atoms with E-state index < -0.39 is 0 Å². The van der Waals surface area contributed by atoms with Crippen molar-refractivity contribution in [3.05, 3.63) is 98.6 Å². The number of rotatable bonds is 7. The van der Waals surface area contributed by atoms with Gasteiger partial charge in [-0.05, 0) is 53.5 Å². The van der Waals surface area contributed by atoms with Gasteiger partial charge in [-0.25, -0.2) is 4.79 Å². The van der Waals surface area contributed by atoms with Gasteiger partial charge in [0, 0.05) is 24.7 Å². The van der Waals surface area contributed by atoms with Gasteiger partial charge >= 0.3 is 5.69 Å². The van der Waals surface area contributed by atoms with Crippen molar-refractivity contribution < 1.29 is 0 Å². The molecule has 0 radical (unpaired) electrons. The zero-order valence-corrected chi connectivity index (χ0v) is 15.8. The number of hydrogen-bond acceptors (Lipinski definition) is 3. The number of hydrogen-bond donors (Lipinski definition) is 1. The highest BCUT2D eigenvalue weighted by Crippen LogP contribution is 2.31. The van der Waals surface area contributed by atoms with E-state index >= 15 is 0 Å². The molecule has 0 spiro atoms. The minimum absolute atomic E-state index is 0.375. The second kappa shape index (κ2) is 8.62. The van der Waals surface area contributed by atoms with Crippen molar-refractivity contribution >= 4 is 0 Å². The average molecular weight is 363 g/mol. The molecule has 1 aromatic carbocycles. The van der Waals surface area contributed by atoms with Crippen LogP contribution in [0.25, 0.3) is 0 Å². The summed E-state index contributed by atoms with van der Waals surface area (Å²) in [6.07, 6.45) is 7.42. The van der Waals surface area contributed by atoms with Crippen molar-refractivity contribution in [3.8, 4) is 0 Å². The first-order chi connectivity index (χ1) is 13.1. The molecule has 3 aromatic rings. The van der Waals surface area contributed by atoms with Crippen molar-refractivity contribution in [2.75, 3.05) is 0 Å². The smallest absolute Gasteiger partial charge is 0.296 e. The Morgan fingerprint density at radius 1 is 1.00 bits per heavy atom. The van der Waals surface area contributed by atoms with Crippen LogP contribution in [-0.4, -0.2) is 14.5 Å². The lowest BCUT2D eigenvalue weighted by molar-refractivity contribution is 0.544. The van der Waals surface area contributed by atoms with E-state index in [1.165, 1.54) is 28.0 Å². The van der Waals surface area contributed by atoms with Crippen LogP contribution in [0.3, 0.4) is 0 Å². The summed E-state index contributed by atoms with van der Waals surface area (Å²) in [5.74, 6) is 0.954. The lowest BCUT2D eigenvalue weighted by Crippen LogP contribution is -2.28. The van der Waals surface area contributed by atoms with Crippen LogP contribution in [0.2, 0.25) is 0 Å². The molecule has 0 aliphatic rings. The fraction of sp³-hybridized carbons (Fsp3) is 0.318. The molecule has 0 saturated carbocycles. The molecule has 0 fully saturated rings. The van der Waals surface area contributed by atoms with Crippen molar-refractivity contribution in [2.24, 2.45) is 0 Å². The molecular weight excluding hydrogens is 338 g/mol. The van der Waals surface area contributed by atoms with Crippen LogP contribution in [0, 0.1) is 0 Å². The van der Waals surface area contributed by atoms with Crippen LogP contribution >= 0.6 is 0 Å². The predicted octanol–water partition coefficient (Wildman–Crippen LogP) is 3.67. The van der Waals surface area contributed by atoms with E-state index in [-0.39, 0.29) is 11.2 Å². The number of pyridine rings is 1. The maximum absolute atomic E-state index is 11.8. The summed E-state index contributed by atoms with van der Waals surface area (Å²) >= 11 is 0. The summed E-state index contributed by atoms with van der Waals surface area (Å²) < 4.78 is 1.50. The van der Waals surface area contributed by atoms with Crippen molar-refractivity contribution in [1.29, 1.82) is 0 Å². The van der Waals surface area contributed by atoms with E-state index in [4.69, 9.17) is 0 Å². The van der Waals surface area contributed by atoms with Crippen LogP contribution < -0.4 is 11.2 Å². The molecule has 2 unspecified atom stereocenters. The lowest BCUT2D eigenvalue weighted by atomic mass is 9.85. The normalized spacial score (nSPS) is 13.3. The zero-order chi connectivity index (χ0) is 19.2. The predicted molar refractivity (Wildman–Crippen MR) is 107 cm³/mol. The molecule has 2 heterocycles. The second-order valence-electron chi connectivity index (χ2n) is 7.00. The Bertz CT molecular complexity index is 975. The van der Waals surface area contributed by atoms with Crippen LogP contribution in [-0.2, 0) is 6.54 Å². The Hall–Kier alpha value is -2.95. The summed E-state index contributed by atoms with van der Waals surface area (Å²) in [6.45, 7) is 4.92. The van der Waals surface area contributed by atoms with Crippen molar-refractivity contribution in [2.45, 2.75) is 45.1 Å². The molecule has 0 aliphatic carbocycles. The fourth-order valence-electron chi connectivity index (χ4n) is 3.45. The van der Waals surface area contributed by atoms with Gasteiger partial charge < -0.3 is 0 Å². The molecule has 5 nitrogen and oxygen atoms in total. The van der Waals surface area contributed by atoms with E-state index in [9.17, 15) is 9.59 Å². The van der Waals surface area contributed by atoms with Gasteiger partial charge in [-0.2, -0.15) is 0 Å².